The summed E-state index contributed by atoms with van der Waals surface area (Å²) in [6.45, 7) is 1.12. The van der Waals surface area contributed by atoms with Gasteiger partial charge in [-0.05, 0) is 37.8 Å². The third kappa shape index (κ3) is 4.86. The molecule has 1 fully saturated rings. The number of carboxylic acid groups (broad SMARTS) is 1. The smallest absolute Gasteiger partial charge is 0.306 e. The lowest BCUT2D eigenvalue weighted by atomic mass is 9.86. The minimum absolute atomic E-state index is 0.0486. The molecule has 0 aromatic heterocycles. The fourth-order valence-electron chi connectivity index (χ4n) is 2.54. The van der Waals surface area contributed by atoms with Gasteiger partial charge in [0, 0.05) is 18.7 Å². The molecule has 4 nitrogen and oxygen atoms in total. The zero-order chi connectivity index (χ0) is 15.2. The molecule has 0 bridgehead atoms. The van der Waals surface area contributed by atoms with Crippen molar-refractivity contribution in [3.63, 3.8) is 0 Å². The second kappa shape index (κ2) is 7.61. The standard InChI is InChI=1S/C15H19ClFNO3/c16-13-9-12(5-6-14(13)17)21-8-7-18-11-3-1-10(2-4-11)15(19)20/h5-6,9-11,18H,1-4,7-8H2,(H,19,20). The molecule has 1 aliphatic carbocycles. The van der Waals surface area contributed by atoms with Gasteiger partial charge in [0.2, 0.25) is 0 Å². The average Bonchev–Trinajstić information content (AvgIpc) is 2.47. The van der Waals surface area contributed by atoms with E-state index in [1.807, 2.05) is 0 Å². The third-order valence-electron chi connectivity index (χ3n) is 3.77. The molecule has 2 rings (SSSR count). The van der Waals surface area contributed by atoms with E-state index < -0.39 is 11.8 Å². The SMILES string of the molecule is O=C(O)C1CCC(NCCOc2ccc(F)c(Cl)c2)CC1. The molecule has 0 unspecified atom stereocenters. The Morgan fingerprint density at radius 3 is 2.71 bits per heavy atom. The zero-order valence-corrected chi connectivity index (χ0v) is 12.4. The van der Waals surface area contributed by atoms with Crippen LogP contribution in [0.5, 0.6) is 5.75 Å². The van der Waals surface area contributed by atoms with Crippen molar-refractivity contribution in [3.05, 3.63) is 29.0 Å². The number of carboxylic acids is 1. The maximum Gasteiger partial charge on any atom is 0.306 e. The highest BCUT2D eigenvalue weighted by Crippen LogP contribution is 2.24. The summed E-state index contributed by atoms with van der Waals surface area (Å²) in [6.07, 6.45) is 3.20. The van der Waals surface area contributed by atoms with Crippen molar-refractivity contribution in [2.45, 2.75) is 31.7 Å². The predicted octanol–water partition coefficient (Wildman–Crippen LogP) is 3.09. The number of carbonyl (C=O) groups is 1. The lowest BCUT2D eigenvalue weighted by molar-refractivity contribution is -0.142. The van der Waals surface area contributed by atoms with Crippen LogP contribution < -0.4 is 10.1 Å². The van der Waals surface area contributed by atoms with Crippen LogP contribution in [-0.2, 0) is 4.79 Å². The molecule has 6 heteroatoms. The molecule has 1 aromatic carbocycles. The van der Waals surface area contributed by atoms with E-state index >= 15 is 0 Å². The molecule has 2 N–H and O–H groups in total. The van der Waals surface area contributed by atoms with Gasteiger partial charge in [-0.1, -0.05) is 11.6 Å². The summed E-state index contributed by atoms with van der Waals surface area (Å²) >= 11 is 5.67. The van der Waals surface area contributed by atoms with Gasteiger partial charge in [0.15, 0.2) is 0 Å². The first-order chi connectivity index (χ1) is 10.1. The molecule has 0 spiro atoms. The van der Waals surface area contributed by atoms with Crippen LogP contribution in [0.1, 0.15) is 25.7 Å². The van der Waals surface area contributed by atoms with Crippen molar-refractivity contribution in [2.24, 2.45) is 5.92 Å². The van der Waals surface area contributed by atoms with Gasteiger partial charge in [0.1, 0.15) is 18.2 Å². The van der Waals surface area contributed by atoms with Crippen LogP contribution >= 0.6 is 11.6 Å². The van der Waals surface area contributed by atoms with Crippen molar-refractivity contribution < 1.29 is 19.0 Å². The normalized spacial score (nSPS) is 22.0. The van der Waals surface area contributed by atoms with E-state index in [4.69, 9.17) is 21.4 Å². The van der Waals surface area contributed by atoms with E-state index in [9.17, 15) is 9.18 Å². The van der Waals surface area contributed by atoms with Crippen LogP contribution in [0.3, 0.4) is 0 Å². The van der Waals surface area contributed by atoms with E-state index in [-0.39, 0.29) is 10.9 Å². The van der Waals surface area contributed by atoms with E-state index in [1.165, 1.54) is 12.1 Å². The summed E-state index contributed by atoms with van der Waals surface area (Å²) in [4.78, 5) is 10.9. The van der Waals surface area contributed by atoms with Crippen molar-refractivity contribution in [2.75, 3.05) is 13.2 Å². The van der Waals surface area contributed by atoms with Crippen molar-refractivity contribution in [1.29, 1.82) is 0 Å². The number of aliphatic carboxylic acids is 1. The molecule has 0 atom stereocenters. The number of benzene rings is 1. The molecule has 0 amide bonds. The Morgan fingerprint density at radius 1 is 1.38 bits per heavy atom. The van der Waals surface area contributed by atoms with E-state index in [1.54, 1.807) is 6.07 Å². The Labute approximate surface area is 128 Å². The van der Waals surface area contributed by atoms with Crippen LogP contribution in [0.15, 0.2) is 18.2 Å². The Bertz CT molecular complexity index is 490. The topological polar surface area (TPSA) is 58.6 Å². The lowest BCUT2D eigenvalue weighted by Gasteiger charge is -2.26. The van der Waals surface area contributed by atoms with E-state index in [2.05, 4.69) is 5.32 Å². The molecule has 0 aliphatic heterocycles. The molecular weight excluding hydrogens is 297 g/mol. The summed E-state index contributed by atoms with van der Waals surface area (Å²) in [7, 11) is 0. The number of nitrogens with one attached hydrogen (secondary N) is 1. The summed E-state index contributed by atoms with van der Waals surface area (Å²) in [5.74, 6) is -0.805. The van der Waals surface area contributed by atoms with Crippen molar-refractivity contribution in [3.8, 4) is 5.75 Å². The number of hydrogen-bond acceptors (Lipinski definition) is 3. The summed E-state index contributed by atoms with van der Waals surface area (Å²) < 4.78 is 18.5. The Kier molecular flexibility index (Phi) is 5.82. The van der Waals surface area contributed by atoms with E-state index in [0.29, 0.717) is 24.9 Å². The van der Waals surface area contributed by atoms with Crippen LogP contribution in [0, 0.1) is 11.7 Å². The van der Waals surface area contributed by atoms with Gasteiger partial charge in [-0.25, -0.2) is 4.39 Å². The first kappa shape index (κ1) is 16.0. The van der Waals surface area contributed by atoms with Gasteiger partial charge >= 0.3 is 5.97 Å². The third-order valence-corrected chi connectivity index (χ3v) is 4.06. The second-order valence-electron chi connectivity index (χ2n) is 5.27. The molecule has 21 heavy (non-hydrogen) atoms. The lowest BCUT2D eigenvalue weighted by Crippen LogP contribution is -2.37. The number of hydrogen-bond donors (Lipinski definition) is 2. The largest absolute Gasteiger partial charge is 0.492 e. The molecule has 1 aliphatic rings. The monoisotopic (exact) mass is 315 g/mol. The fourth-order valence-corrected chi connectivity index (χ4v) is 2.71. The molecule has 116 valence electrons. The first-order valence-electron chi connectivity index (χ1n) is 7.10. The van der Waals surface area contributed by atoms with Gasteiger partial charge in [0.25, 0.3) is 0 Å². The van der Waals surface area contributed by atoms with Crippen molar-refractivity contribution in [1.82, 2.24) is 5.32 Å². The predicted molar refractivity (Wildman–Crippen MR) is 78.3 cm³/mol. The first-order valence-corrected chi connectivity index (χ1v) is 7.48. The maximum atomic E-state index is 13.0. The molecule has 1 saturated carbocycles. The van der Waals surface area contributed by atoms with Crippen LogP contribution in [0.4, 0.5) is 4.39 Å². The summed E-state index contributed by atoms with van der Waals surface area (Å²) in [5.41, 5.74) is 0. The average molecular weight is 316 g/mol. The molecule has 0 radical (unpaired) electrons. The molecular formula is C15H19ClFNO3. The number of halogens is 2. The summed E-state index contributed by atoms with van der Waals surface area (Å²) in [5, 5.41) is 12.3. The molecule has 1 aromatic rings. The van der Waals surface area contributed by atoms with E-state index in [0.717, 1.165) is 25.7 Å². The quantitative estimate of drug-likeness (QED) is 0.792. The van der Waals surface area contributed by atoms with Gasteiger partial charge < -0.3 is 15.2 Å². The van der Waals surface area contributed by atoms with Crippen LogP contribution in [-0.4, -0.2) is 30.3 Å². The van der Waals surface area contributed by atoms with Crippen LogP contribution in [0.2, 0.25) is 5.02 Å². The molecule has 0 saturated heterocycles. The van der Waals surface area contributed by atoms with Crippen molar-refractivity contribution >= 4 is 17.6 Å². The Balaban J connectivity index is 1.64. The maximum absolute atomic E-state index is 13.0. The minimum atomic E-state index is -0.690. The fraction of sp³-hybridized carbons (Fsp3) is 0.533. The highest BCUT2D eigenvalue weighted by Gasteiger charge is 2.25. The summed E-state index contributed by atoms with van der Waals surface area (Å²) in [6, 6.07) is 4.62. The highest BCUT2D eigenvalue weighted by molar-refractivity contribution is 6.30. The van der Waals surface area contributed by atoms with Gasteiger partial charge in [0.05, 0.1) is 10.9 Å². The number of rotatable bonds is 6. The Hall–Kier alpha value is -1.33. The van der Waals surface area contributed by atoms with Gasteiger partial charge in [-0.15, -0.1) is 0 Å². The second-order valence-corrected chi connectivity index (χ2v) is 5.67. The van der Waals surface area contributed by atoms with Gasteiger partial charge in [-0.3, -0.25) is 4.79 Å². The molecule has 0 heterocycles. The zero-order valence-electron chi connectivity index (χ0n) is 11.6. The highest BCUT2D eigenvalue weighted by atomic mass is 35.5. The number of ether oxygens (including phenoxy) is 1. The van der Waals surface area contributed by atoms with Gasteiger partial charge in [-0.2, -0.15) is 0 Å². The minimum Gasteiger partial charge on any atom is -0.492 e. The van der Waals surface area contributed by atoms with Crippen LogP contribution in [0.25, 0.3) is 0 Å². The Morgan fingerprint density at radius 2 is 2.10 bits per heavy atom.